The van der Waals surface area contributed by atoms with Gasteiger partial charge in [0.2, 0.25) is 0 Å². The summed E-state index contributed by atoms with van der Waals surface area (Å²) in [6, 6.07) is 0. The van der Waals surface area contributed by atoms with Gasteiger partial charge in [-0.25, -0.2) is 0 Å². The predicted octanol–water partition coefficient (Wildman–Crippen LogP) is -4.13. The molecule has 0 radical (unpaired) electrons. The molecular formula is C9H20O9. The van der Waals surface area contributed by atoms with Crippen molar-refractivity contribution in [1.82, 2.24) is 0 Å². The number of aliphatic hydroxyl groups excluding tert-OH is 7. The van der Waals surface area contributed by atoms with E-state index in [0.717, 1.165) is 6.92 Å². The van der Waals surface area contributed by atoms with Crippen LogP contribution in [0.2, 0.25) is 0 Å². The summed E-state index contributed by atoms with van der Waals surface area (Å²) in [5.74, 6) is -0.833. The Morgan fingerprint density at radius 2 is 1.06 bits per heavy atom. The largest absolute Gasteiger partial charge is 0.481 e. The van der Waals surface area contributed by atoms with Gasteiger partial charge in [0.15, 0.2) is 0 Å². The smallest absolute Gasteiger partial charge is 0.300 e. The first-order valence-electron chi connectivity index (χ1n) is 5.00. The molecule has 18 heavy (non-hydrogen) atoms. The van der Waals surface area contributed by atoms with Crippen LogP contribution < -0.4 is 0 Å². The van der Waals surface area contributed by atoms with E-state index in [2.05, 4.69) is 0 Å². The fourth-order valence-electron chi connectivity index (χ4n) is 0.873. The Bertz CT molecular complexity index is 202. The second-order valence-electron chi connectivity index (χ2n) is 3.49. The Morgan fingerprint density at radius 1 is 0.833 bits per heavy atom. The van der Waals surface area contributed by atoms with Gasteiger partial charge in [-0.1, -0.05) is 0 Å². The van der Waals surface area contributed by atoms with E-state index < -0.39 is 49.7 Å². The Labute approximate surface area is 103 Å². The van der Waals surface area contributed by atoms with Crippen molar-refractivity contribution in [1.29, 1.82) is 0 Å². The summed E-state index contributed by atoms with van der Waals surface area (Å²) in [5, 5.41) is 69.3. The summed E-state index contributed by atoms with van der Waals surface area (Å²) >= 11 is 0. The van der Waals surface area contributed by atoms with Crippen LogP contribution >= 0.6 is 0 Å². The van der Waals surface area contributed by atoms with Gasteiger partial charge in [-0.05, 0) is 0 Å². The first-order valence-corrected chi connectivity index (χ1v) is 5.00. The summed E-state index contributed by atoms with van der Waals surface area (Å²) < 4.78 is 0. The van der Waals surface area contributed by atoms with Crippen molar-refractivity contribution >= 4 is 5.97 Å². The van der Waals surface area contributed by atoms with Gasteiger partial charge in [0, 0.05) is 6.92 Å². The van der Waals surface area contributed by atoms with Gasteiger partial charge in [-0.3, -0.25) is 4.79 Å². The molecule has 9 heteroatoms. The molecule has 0 aromatic carbocycles. The van der Waals surface area contributed by atoms with Crippen LogP contribution in [0.4, 0.5) is 0 Å². The lowest BCUT2D eigenvalue weighted by atomic mass is 10.00. The average molecular weight is 272 g/mol. The molecule has 0 aromatic heterocycles. The number of carboxylic acids is 1. The number of rotatable bonds is 6. The molecule has 0 fully saturated rings. The van der Waals surface area contributed by atoms with Crippen molar-refractivity contribution in [3.8, 4) is 0 Å². The Kier molecular flexibility index (Phi) is 11.0. The van der Waals surface area contributed by atoms with Crippen LogP contribution in [0, 0.1) is 0 Å². The third kappa shape index (κ3) is 8.31. The van der Waals surface area contributed by atoms with Gasteiger partial charge in [0.1, 0.15) is 30.5 Å². The zero-order valence-corrected chi connectivity index (χ0v) is 9.79. The predicted molar refractivity (Wildman–Crippen MR) is 57.5 cm³/mol. The molecular weight excluding hydrogens is 252 g/mol. The molecule has 0 spiro atoms. The van der Waals surface area contributed by atoms with E-state index in [-0.39, 0.29) is 0 Å². The first kappa shape index (κ1) is 19.5. The van der Waals surface area contributed by atoms with E-state index in [1.807, 2.05) is 0 Å². The molecule has 0 aromatic rings. The first-order chi connectivity index (χ1) is 8.18. The quantitative estimate of drug-likeness (QED) is 0.238. The van der Waals surface area contributed by atoms with E-state index in [1.165, 1.54) is 0 Å². The van der Waals surface area contributed by atoms with Gasteiger partial charge < -0.3 is 40.9 Å². The SMILES string of the molecule is CC(=O)O.OCC(O)C(O)C(O)C(O)C(O)CO. The lowest BCUT2D eigenvalue weighted by Gasteiger charge is -2.27. The maximum Gasteiger partial charge on any atom is 0.300 e. The Balaban J connectivity index is 0. The van der Waals surface area contributed by atoms with Crippen molar-refractivity contribution in [3.05, 3.63) is 0 Å². The molecule has 0 bridgehead atoms. The summed E-state index contributed by atoms with van der Waals surface area (Å²) in [6.07, 6.45) is -8.68. The molecule has 0 heterocycles. The number of carbonyl (C=O) groups is 1. The lowest BCUT2D eigenvalue weighted by molar-refractivity contribution is -0.145. The highest BCUT2D eigenvalue weighted by Gasteiger charge is 2.33. The molecule has 0 amide bonds. The topological polar surface area (TPSA) is 179 Å². The summed E-state index contributed by atoms with van der Waals surface area (Å²) in [5.41, 5.74) is 0. The zero-order chi connectivity index (χ0) is 14.9. The number of hydrogen-bond acceptors (Lipinski definition) is 8. The van der Waals surface area contributed by atoms with E-state index in [9.17, 15) is 0 Å². The van der Waals surface area contributed by atoms with E-state index >= 15 is 0 Å². The van der Waals surface area contributed by atoms with Gasteiger partial charge in [-0.2, -0.15) is 0 Å². The molecule has 0 saturated carbocycles. The maximum absolute atomic E-state index is 9.15. The fourth-order valence-corrected chi connectivity index (χ4v) is 0.873. The van der Waals surface area contributed by atoms with Crippen LogP contribution in [0.15, 0.2) is 0 Å². The van der Waals surface area contributed by atoms with Crippen molar-refractivity contribution < 1.29 is 45.6 Å². The summed E-state index contributed by atoms with van der Waals surface area (Å²) in [7, 11) is 0. The van der Waals surface area contributed by atoms with E-state index in [1.54, 1.807) is 0 Å². The molecule has 0 rings (SSSR count). The fraction of sp³-hybridized carbons (Fsp3) is 0.889. The molecule has 110 valence electrons. The molecule has 4 atom stereocenters. The minimum atomic E-state index is -1.85. The number of aliphatic carboxylic acids is 1. The minimum absolute atomic E-state index is 0.792. The third-order valence-electron chi connectivity index (χ3n) is 1.86. The Hall–Kier alpha value is -0.810. The third-order valence-corrected chi connectivity index (χ3v) is 1.86. The van der Waals surface area contributed by atoms with Gasteiger partial charge in [0.05, 0.1) is 13.2 Å². The van der Waals surface area contributed by atoms with Crippen LogP contribution in [-0.4, -0.2) is 90.6 Å². The van der Waals surface area contributed by atoms with Crippen LogP contribution in [0.5, 0.6) is 0 Å². The van der Waals surface area contributed by atoms with Crippen LogP contribution in [0.25, 0.3) is 0 Å². The number of aliphatic hydroxyl groups is 7. The van der Waals surface area contributed by atoms with Crippen LogP contribution in [-0.2, 0) is 4.79 Å². The Morgan fingerprint density at radius 3 is 1.22 bits per heavy atom. The van der Waals surface area contributed by atoms with Crippen molar-refractivity contribution in [3.63, 3.8) is 0 Å². The highest BCUT2D eigenvalue weighted by atomic mass is 16.4. The van der Waals surface area contributed by atoms with E-state index in [4.69, 9.17) is 45.6 Å². The van der Waals surface area contributed by atoms with Gasteiger partial charge >= 0.3 is 0 Å². The standard InChI is InChI=1S/C7H16O7.C2H4O2/c8-1-3(10)5(12)7(14)6(13)4(11)2-9;1-2(3)4/h3-14H,1-2H2;1H3,(H,3,4). The molecule has 4 unspecified atom stereocenters. The normalized spacial score (nSPS) is 18.9. The van der Waals surface area contributed by atoms with Crippen molar-refractivity contribution in [2.75, 3.05) is 13.2 Å². The van der Waals surface area contributed by atoms with Crippen LogP contribution in [0.1, 0.15) is 6.92 Å². The molecule has 9 nitrogen and oxygen atoms in total. The monoisotopic (exact) mass is 272 g/mol. The van der Waals surface area contributed by atoms with Gasteiger partial charge in [0.25, 0.3) is 5.97 Å². The van der Waals surface area contributed by atoms with Crippen molar-refractivity contribution in [2.24, 2.45) is 0 Å². The second kappa shape index (κ2) is 10.1. The van der Waals surface area contributed by atoms with Gasteiger partial charge in [-0.15, -0.1) is 0 Å². The van der Waals surface area contributed by atoms with Crippen molar-refractivity contribution in [2.45, 2.75) is 37.4 Å². The summed E-state index contributed by atoms with van der Waals surface area (Å²) in [4.78, 5) is 9.00. The molecule has 0 saturated heterocycles. The summed E-state index contributed by atoms with van der Waals surface area (Å²) in [6.45, 7) is -0.500. The molecule has 8 N–H and O–H groups in total. The number of hydrogen-bond donors (Lipinski definition) is 8. The second-order valence-corrected chi connectivity index (χ2v) is 3.49. The highest BCUT2D eigenvalue weighted by Crippen LogP contribution is 2.07. The maximum atomic E-state index is 9.15. The number of carboxylic acid groups (broad SMARTS) is 1. The highest BCUT2D eigenvalue weighted by molar-refractivity contribution is 5.62. The zero-order valence-electron chi connectivity index (χ0n) is 9.79. The molecule has 0 aliphatic heterocycles. The lowest BCUT2D eigenvalue weighted by Crippen LogP contribution is -2.50. The van der Waals surface area contributed by atoms with E-state index in [0.29, 0.717) is 0 Å². The van der Waals surface area contributed by atoms with Crippen LogP contribution in [0.3, 0.4) is 0 Å². The average Bonchev–Trinajstić information content (AvgIpc) is 2.33. The molecule has 0 aliphatic rings. The molecule has 0 aliphatic carbocycles. The minimum Gasteiger partial charge on any atom is -0.481 e.